The van der Waals surface area contributed by atoms with Crippen molar-refractivity contribution in [2.75, 3.05) is 26.7 Å². The van der Waals surface area contributed by atoms with Crippen LogP contribution in [0, 0.1) is 29.1 Å². The molecular formula is C18H33NO. The summed E-state index contributed by atoms with van der Waals surface area (Å²) in [4.78, 5) is 2.55. The average Bonchev–Trinajstić information content (AvgIpc) is 3.04. The molecule has 0 aliphatic heterocycles. The van der Waals surface area contributed by atoms with Crippen molar-refractivity contribution in [2.24, 2.45) is 29.1 Å². The summed E-state index contributed by atoms with van der Waals surface area (Å²) in [6.45, 7) is 5.14. The number of nitrogens with zero attached hydrogens (tertiary/aromatic N) is 1. The Morgan fingerprint density at radius 1 is 1.10 bits per heavy atom. The molecule has 2 nitrogen and oxygen atoms in total. The molecule has 3 atom stereocenters. The first-order valence-electron chi connectivity index (χ1n) is 8.90. The van der Waals surface area contributed by atoms with E-state index in [1.165, 1.54) is 57.9 Å². The van der Waals surface area contributed by atoms with Crippen LogP contribution < -0.4 is 0 Å². The summed E-state index contributed by atoms with van der Waals surface area (Å²) in [7, 11) is 2.29. The van der Waals surface area contributed by atoms with E-state index in [0.29, 0.717) is 6.61 Å². The smallest absolute Gasteiger partial charge is 0.0499 e. The number of fused-ring (bicyclic) bond motifs is 2. The third-order valence-corrected chi connectivity index (χ3v) is 6.71. The maximum atomic E-state index is 9.92. The van der Waals surface area contributed by atoms with Gasteiger partial charge >= 0.3 is 0 Å². The van der Waals surface area contributed by atoms with Crippen LogP contribution in [0.5, 0.6) is 0 Å². The van der Waals surface area contributed by atoms with E-state index in [2.05, 4.69) is 18.9 Å². The fourth-order valence-corrected chi connectivity index (χ4v) is 5.38. The molecule has 20 heavy (non-hydrogen) atoms. The Labute approximate surface area is 124 Å². The Kier molecular flexibility index (Phi) is 4.42. The largest absolute Gasteiger partial charge is 0.396 e. The van der Waals surface area contributed by atoms with Crippen molar-refractivity contribution < 1.29 is 5.11 Å². The summed E-state index contributed by atoms with van der Waals surface area (Å²) in [5.41, 5.74) is 0.207. The quantitative estimate of drug-likeness (QED) is 0.832. The molecule has 0 aromatic rings. The first-order valence-corrected chi connectivity index (χ1v) is 8.90. The Hall–Kier alpha value is -0.0800. The monoisotopic (exact) mass is 279 g/mol. The lowest BCUT2D eigenvalue weighted by molar-refractivity contribution is 0.0302. The van der Waals surface area contributed by atoms with Crippen LogP contribution >= 0.6 is 0 Å². The number of hydrogen-bond donors (Lipinski definition) is 1. The molecule has 0 radical (unpaired) electrons. The molecule has 116 valence electrons. The Morgan fingerprint density at radius 3 is 2.40 bits per heavy atom. The fraction of sp³-hybridized carbons (Fsp3) is 1.00. The van der Waals surface area contributed by atoms with Crippen molar-refractivity contribution in [2.45, 2.75) is 58.3 Å². The molecule has 3 aliphatic carbocycles. The van der Waals surface area contributed by atoms with Gasteiger partial charge < -0.3 is 10.0 Å². The minimum absolute atomic E-state index is 0.207. The van der Waals surface area contributed by atoms with Gasteiger partial charge in [0.1, 0.15) is 0 Å². The zero-order valence-corrected chi connectivity index (χ0v) is 13.5. The van der Waals surface area contributed by atoms with E-state index in [1.807, 2.05) is 0 Å². The molecule has 0 saturated heterocycles. The van der Waals surface area contributed by atoms with Gasteiger partial charge in [0.25, 0.3) is 0 Å². The summed E-state index contributed by atoms with van der Waals surface area (Å²) in [5, 5.41) is 9.92. The van der Waals surface area contributed by atoms with E-state index in [0.717, 1.165) is 30.2 Å². The summed E-state index contributed by atoms with van der Waals surface area (Å²) in [6.07, 6.45) is 11.1. The lowest BCUT2D eigenvalue weighted by atomic mass is 9.71. The second-order valence-electron chi connectivity index (χ2n) is 8.47. The maximum Gasteiger partial charge on any atom is 0.0499 e. The van der Waals surface area contributed by atoms with Gasteiger partial charge in [-0.1, -0.05) is 26.2 Å². The molecule has 2 bridgehead atoms. The average molecular weight is 279 g/mol. The zero-order chi connectivity index (χ0) is 14.2. The molecule has 2 heteroatoms. The van der Waals surface area contributed by atoms with Crippen LogP contribution in [-0.4, -0.2) is 36.8 Å². The standard InChI is InChI=1S/C18H33NO/c1-14-5-7-18(13-20,8-6-14)12-19(2)11-17-10-15-3-4-16(17)9-15/h14-17,20H,3-13H2,1-2H3. The van der Waals surface area contributed by atoms with Crippen LogP contribution in [0.2, 0.25) is 0 Å². The van der Waals surface area contributed by atoms with Crippen molar-refractivity contribution >= 4 is 0 Å². The minimum atomic E-state index is 0.207. The van der Waals surface area contributed by atoms with E-state index in [4.69, 9.17) is 0 Å². The van der Waals surface area contributed by atoms with Crippen LogP contribution in [0.4, 0.5) is 0 Å². The van der Waals surface area contributed by atoms with Gasteiger partial charge in [-0.3, -0.25) is 0 Å². The van der Waals surface area contributed by atoms with E-state index < -0.39 is 0 Å². The highest BCUT2D eigenvalue weighted by atomic mass is 16.3. The lowest BCUT2D eigenvalue weighted by Gasteiger charge is -2.41. The summed E-state index contributed by atoms with van der Waals surface area (Å²) in [6, 6.07) is 0. The van der Waals surface area contributed by atoms with Crippen LogP contribution in [0.25, 0.3) is 0 Å². The first-order chi connectivity index (χ1) is 9.60. The fourth-order valence-electron chi connectivity index (χ4n) is 5.38. The topological polar surface area (TPSA) is 23.5 Å². The maximum absolute atomic E-state index is 9.92. The number of hydrogen-bond acceptors (Lipinski definition) is 2. The van der Waals surface area contributed by atoms with Crippen LogP contribution in [0.1, 0.15) is 58.3 Å². The molecule has 3 rings (SSSR count). The molecule has 0 aromatic carbocycles. The minimum Gasteiger partial charge on any atom is -0.396 e. The molecule has 3 saturated carbocycles. The molecule has 3 fully saturated rings. The SMILES string of the molecule is CC1CCC(CO)(CN(C)CC2CC3CCC2C3)CC1. The normalized spacial score (nSPS) is 44.4. The number of aliphatic hydroxyl groups excluding tert-OH is 1. The first kappa shape index (κ1) is 14.8. The number of rotatable bonds is 5. The molecule has 1 N–H and O–H groups in total. The van der Waals surface area contributed by atoms with Gasteiger partial charge in [0.2, 0.25) is 0 Å². The molecule has 3 unspecified atom stereocenters. The van der Waals surface area contributed by atoms with Crippen molar-refractivity contribution in [3.8, 4) is 0 Å². The predicted octanol–water partition coefficient (Wildman–Crippen LogP) is 3.54. The molecule has 0 heterocycles. The van der Waals surface area contributed by atoms with Gasteiger partial charge in [0.05, 0.1) is 0 Å². The van der Waals surface area contributed by atoms with Gasteiger partial charge in [0.15, 0.2) is 0 Å². The second kappa shape index (κ2) is 5.96. The molecule has 0 amide bonds. The van der Waals surface area contributed by atoms with Gasteiger partial charge in [-0.25, -0.2) is 0 Å². The highest BCUT2D eigenvalue weighted by Crippen LogP contribution is 2.48. The van der Waals surface area contributed by atoms with E-state index in [9.17, 15) is 5.11 Å². The van der Waals surface area contributed by atoms with Gasteiger partial charge in [0, 0.05) is 25.1 Å². The highest BCUT2D eigenvalue weighted by Gasteiger charge is 2.41. The summed E-state index contributed by atoms with van der Waals surface area (Å²) in [5.74, 6) is 3.90. The van der Waals surface area contributed by atoms with E-state index >= 15 is 0 Å². The molecule has 3 aliphatic rings. The Bertz CT molecular complexity index is 321. The van der Waals surface area contributed by atoms with Crippen molar-refractivity contribution in [1.29, 1.82) is 0 Å². The van der Waals surface area contributed by atoms with Crippen molar-refractivity contribution in [1.82, 2.24) is 4.90 Å². The van der Waals surface area contributed by atoms with Gasteiger partial charge in [-0.15, -0.1) is 0 Å². The highest BCUT2D eigenvalue weighted by molar-refractivity contribution is 4.92. The molecule has 0 spiro atoms. The van der Waals surface area contributed by atoms with Crippen LogP contribution in [0.3, 0.4) is 0 Å². The zero-order valence-electron chi connectivity index (χ0n) is 13.5. The Balaban J connectivity index is 1.51. The summed E-state index contributed by atoms with van der Waals surface area (Å²) < 4.78 is 0. The molecule has 0 aromatic heterocycles. The van der Waals surface area contributed by atoms with Crippen molar-refractivity contribution in [3.63, 3.8) is 0 Å². The predicted molar refractivity (Wildman–Crippen MR) is 83.6 cm³/mol. The lowest BCUT2D eigenvalue weighted by Crippen LogP contribution is -2.43. The van der Waals surface area contributed by atoms with E-state index in [1.54, 1.807) is 0 Å². The number of aliphatic hydroxyl groups is 1. The van der Waals surface area contributed by atoms with Crippen LogP contribution in [0.15, 0.2) is 0 Å². The van der Waals surface area contributed by atoms with E-state index in [-0.39, 0.29) is 5.41 Å². The molecular weight excluding hydrogens is 246 g/mol. The van der Waals surface area contributed by atoms with Gasteiger partial charge in [-0.05, 0) is 62.8 Å². The Morgan fingerprint density at radius 2 is 1.85 bits per heavy atom. The van der Waals surface area contributed by atoms with Crippen LogP contribution in [-0.2, 0) is 0 Å². The third kappa shape index (κ3) is 3.06. The third-order valence-electron chi connectivity index (χ3n) is 6.71. The van der Waals surface area contributed by atoms with Gasteiger partial charge in [-0.2, -0.15) is 0 Å². The summed E-state index contributed by atoms with van der Waals surface area (Å²) >= 11 is 0. The van der Waals surface area contributed by atoms with Crippen molar-refractivity contribution in [3.05, 3.63) is 0 Å². The second-order valence-corrected chi connectivity index (χ2v) is 8.47.